The molecule has 1 aliphatic heterocycles. The average molecular weight is 296 g/mol. The van der Waals surface area contributed by atoms with Gasteiger partial charge in [0.1, 0.15) is 0 Å². The van der Waals surface area contributed by atoms with Crippen LogP contribution in [0.15, 0.2) is 54.1 Å². The fourth-order valence-electron chi connectivity index (χ4n) is 4.09. The Labute approximate surface area is 132 Å². The van der Waals surface area contributed by atoms with Crippen LogP contribution in [0.2, 0.25) is 0 Å². The maximum absolute atomic E-state index is 12.2. The smallest absolute Gasteiger partial charge is 0.220 e. The molecule has 0 saturated carbocycles. The highest BCUT2D eigenvalue weighted by Crippen LogP contribution is 2.42. The van der Waals surface area contributed by atoms with E-state index in [1.807, 2.05) is 18.2 Å². The number of piperidine rings is 1. The summed E-state index contributed by atoms with van der Waals surface area (Å²) in [6.45, 7) is 6.03. The zero-order chi connectivity index (χ0) is 15.7. The topological polar surface area (TPSA) is 32.3 Å². The van der Waals surface area contributed by atoms with Gasteiger partial charge in [0.05, 0.1) is 11.6 Å². The van der Waals surface area contributed by atoms with Gasteiger partial charge in [0.2, 0.25) is 5.91 Å². The number of likely N-dealkylation sites (tertiary alicyclic amines) is 1. The van der Waals surface area contributed by atoms with E-state index in [0.717, 1.165) is 18.5 Å². The first-order valence-electron chi connectivity index (χ1n) is 8.01. The third-order valence-corrected chi connectivity index (χ3v) is 4.93. The molecule has 1 aromatic rings. The monoisotopic (exact) mass is 296 g/mol. The SMILES string of the molecule is CC(=O)N1C(C)CC(Nc2ccccc2)C2=CC=CCC21C. The van der Waals surface area contributed by atoms with Crippen LogP contribution in [0.25, 0.3) is 0 Å². The molecule has 3 atom stereocenters. The van der Waals surface area contributed by atoms with Crippen molar-refractivity contribution >= 4 is 11.6 Å². The lowest BCUT2D eigenvalue weighted by molar-refractivity contribution is -0.137. The summed E-state index contributed by atoms with van der Waals surface area (Å²) in [7, 11) is 0. The van der Waals surface area contributed by atoms with E-state index >= 15 is 0 Å². The minimum atomic E-state index is -0.218. The van der Waals surface area contributed by atoms with Gasteiger partial charge in [0.25, 0.3) is 0 Å². The summed E-state index contributed by atoms with van der Waals surface area (Å²) in [6.07, 6.45) is 8.29. The lowest BCUT2D eigenvalue weighted by Crippen LogP contribution is -2.62. The molecular weight excluding hydrogens is 272 g/mol. The second-order valence-corrected chi connectivity index (χ2v) is 6.56. The molecule has 1 saturated heterocycles. The second-order valence-electron chi connectivity index (χ2n) is 6.56. The van der Waals surface area contributed by atoms with Crippen LogP contribution < -0.4 is 5.32 Å². The highest BCUT2D eigenvalue weighted by Gasteiger charge is 2.47. The first kappa shape index (κ1) is 14.9. The van der Waals surface area contributed by atoms with Crippen LogP contribution in [0.4, 0.5) is 5.69 Å². The molecule has 1 aromatic carbocycles. The van der Waals surface area contributed by atoms with Crippen LogP contribution in [0.1, 0.15) is 33.6 Å². The number of para-hydroxylation sites is 1. The standard InChI is InChI=1S/C19H24N2O/c1-14-13-18(20-16-9-5-4-6-10-16)17-11-7-8-12-19(17,3)21(14)15(2)22/h4-11,14,18,20H,12-13H2,1-3H3. The van der Waals surface area contributed by atoms with Crippen molar-refractivity contribution in [2.24, 2.45) is 0 Å². The second kappa shape index (κ2) is 5.64. The Morgan fingerprint density at radius 1 is 1.32 bits per heavy atom. The van der Waals surface area contributed by atoms with E-state index < -0.39 is 0 Å². The molecule has 116 valence electrons. The van der Waals surface area contributed by atoms with E-state index in [9.17, 15) is 4.79 Å². The predicted molar refractivity (Wildman–Crippen MR) is 90.7 cm³/mol. The van der Waals surface area contributed by atoms with Gasteiger partial charge >= 0.3 is 0 Å². The van der Waals surface area contributed by atoms with Crippen molar-refractivity contribution in [3.8, 4) is 0 Å². The van der Waals surface area contributed by atoms with Crippen molar-refractivity contribution < 1.29 is 4.79 Å². The summed E-state index contributed by atoms with van der Waals surface area (Å²) in [5, 5.41) is 3.66. The fourth-order valence-corrected chi connectivity index (χ4v) is 4.09. The van der Waals surface area contributed by atoms with Crippen molar-refractivity contribution in [2.45, 2.75) is 51.2 Å². The molecule has 0 bridgehead atoms. The first-order valence-corrected chi connectivity index (χ1v) is 8.01. The highest BCUT2D eigenvalue weighted by molar-refractivity contribution is 5.76. The number of carbonyl (C=O) groups excluding carboxylic acids is 1. The maximum atomic E-state index is 12.2. The van der Waals surface area contributed by atoms with Crippen LogP contribution in [-0.2, 0) is 4.79 Å². The molecule has 1 fully saturated rings. The van der Waals surface area contributed by atoms with Gasteiger partial charge < -0.3 is 10.2 Å². The zero-order valence-electron chi connectivity index (χ0n) is 13.5. The Morgan fingerprint density at radius 2 is 2.05 bits per heavy atom. The molecule has 2 aliphatic rings. The molecule has 3 rings (SSSR count). The number of hydrogen-bond donors (Lipinski definition) is 1. The van der Waals surface area contributed by atoms with E-state index in [1.165, 1.54) is 5.57 Å². The van der Waals surface area contributed by atoms with Crippen LogP contribution in [0, 0.1) is 0 Å². The van der Waals surface area contributed by atoms with Crippen molar-refractivity contribution in [3.05, 3.63) is 54.1 Å². The summed E-state index contributed by atoms with van der Waals surface area (Å²) in [5.41, 5.74) is 2.23. The number of benzene rings is 1. The molecule has 0 aromatic heterocycles. The quantitative estimate of drug-likeness (QED) is 0.901. The fraction of sp³-hybridized carbons (Fsp3) is 0.421. The minimum Gasteiger partial charge on any atom is -0.378 e. The van der Waals surface area contributed by atoms with E-state index in [2.05, 4.69) is 54.4 Å². The van der Waals surface area contributed by atoms with Crippen molar-refractivity contribution in [1.82, 2.24) is 4.90 Å². The number of rotatable bonds is 2. The number of fused-ring (bicyclic) bond motifs is 1. The largest absolute Gasteiger partial charge is 0.378 e. The predicted octanol–water partition coefficient (Wildman–Crippen LogP) is 3.75. The Hall–Kier alpha value is -2.03. The molecule has 1 heterocycles. The van der Waals surface area contributed by atoms with Gasteiger partial charge in [-0.3, -0.25) is 4.79 Å². The molecule has 1 amide bonds. The van der Waals surface area contributed by atoms with Crippen LogP contribution in [-0.4, -0.2) is 28.4 Å². The Bertz CT molecular complexity index is 620. The van der Waals surface area contributed by atoms with Crippen LogP contribution in [0.3, 0.4) is 0 Å². The van der Waals surface area contributed by atoms with Crippen molar-refractivity contribution in [2.75, 3.05) is 5.32 Å². The summed E-state index contributed by atoms with van der Waals surface area (Å²) in [6, 6.07) is 10.8. The molecule has 0 spiro atoms. The van der Waals surface area contributed by atoms with Crippen LogP contribution >= 0.6 is 0 Å². The molecule has 3 nitrogen and oxygen atoms in total. The van der Waals surface area contributed by atoms with E-state index in [0.29, 0.717) is 0 Å². The van der Waals surface area contributed by atoms with Gasteiger partial charge in [-0.1, -0.05) is 36.4 Å². The summed E-state index contributed by atoms with van der Waals surface area (Å²) >= 11 is 0. The Morgan fingerprint density at radius 3 is 2.73 bits per heavy atom. The summed E-state index contributed by atoms with van der Waals surface area (Å²) < 4.78 is 0. The number of carbonyl (C=O) groups is 1. The number of hydrogen-bond acceptors (Lipinski definition) is 2. The lowest BCUT2D eigenvalue weighted by atomic mass is 9.73. The number of nitrogens with zero attached hydrogens (tertiary/aromatic N) is 1. The van der Waals surface area contributed by atoms with Gasteiger partial charge in [0.15, 0.2) is 0 Å². The Kier molecular flexibility index (Phi) is 3.81. The zero-order valence-corrected chi connectivity index (χ0v) is 13.5. The number of amides is 1. The highest BCUT2D eigenvalue weighted by atomic mass is 16.2. The molecule has 0 radical (unpaired) electrons. The van der Waals surface area contributed by atoms with E-state index in [-0.39, 0.29) is 23.5 Å². The first-order chi connectivity index (χ1) is 10.5. The van der Waals surface area contributed by atoms with Gasteiger partial charge in [-0.05, 0) is 44.4 Å². The molecule has 22 heavy (non-hydrogen) atoms. The van der Waals surface area contributed by atoms with Gasteiger partial charge in [-0.15, -0.1) is 0 Å². The number of anilines is 1. The minimum absolute atomic E-state index is 0.161. The lowest BCUT2D eigenvalue weighted by Gasteiger charge is -2.53. The molecule has 3 unspecified atom stereocenters. The van der Waals surface area contributed by atoms with Gasteiger partial charge in [0, 0.05) is 18.7 Å². The number of allylic oxidation sites excluding steroid dienone is 2. The van der Waals surface area contributed by atoms with E-state index in [1.54, 1.807) is 6.92 Å². The van der Waals surface area contributed by atoms with Gasteiger partial charge in [-0.2, -0.15) is 0 Å². The van der Waals surface area contributed by atoms with Gasteiger partial charge in [-0.25, -0.2) is 0 Å². The third-order valence-electron chi connectivity index (χ3n) is 4.93. The summed E-state index contributed by atoms with van der Waals surface area (Å²) in [4.78, 5) is 14.2. The third kappa shape index (κ3) is 2.45. The Balaban J connectivity index is 1.94. The maximum Gasteiger partial charge on any atom is 0.220 e. The van der Waals surface area contributed by atoms with Crippen LogP contribution in [0.5, 0.6) is 0 Å². The molecular formula is C19H24N2O. The van der Waals surface area contributed by atoms with E-state index in [4.69, 9.17) is 0 Å². The number of nitrogens with one attached hydrogen (secondary N) is 1. The average Bonchev–Trinajstić information content (AvgIpc) is 2.47. The summed E-state index contributed by atoms with van der Waals surface area (Å²) in [5.74, 6) is 0.161. The molecule has 1 N–H and O–H groups in total. The van der Waals surface area contributed by atoms with Crippen molar-refractivity contribution in [3.63, 3.8) is 0 Å². The molecule has 1 aliphatic carbocycles. The molecule has 3 heteroatoms. The normalized spacial score (nSPS) is 30.5. The van der Waals surface area contributed by atoms with Crippen molar-refractivity contribution in [1.29, 1.82) is 0 Å².